The van der Waals surface area contributed by atoms with Crippen LogP contribution in [0.1, 0.15) is 46.4 Å². The summed E-state index contributed by atoms with van der Waals surface area (Å²) < 4.78 is 0. The lowest BCUT2D eigenvalue weighted by Gasteiger charge is -2.33. The molecule has 7 nitrogen and oxygen atoms in total. The summed E-state index contributed by atoms with van der Waals surface area (Å²) in [4.78, 5) is 26.0. The molecule has 3 rings (SSSR count). The molecule has 0 radical (unpaired) electrons. The predicted octanol–water partition coefficient (Wildman–Crippen LogP) is 3.02. The average Bonchev–Trinajstić information content (AvgIpc) is 2.72. The lowest BCUT2D eigenvalue weighted by atomic mass is 9.92. The van der Waals surface area contributed by atoms with E-state index in [1.165, 1.54) is 11.0 Å². The van der Waals surface area contributed by atoms with Crippen LogP contribution >= 0.6 is 0 Å². The maximum atomic E-state index is 12.4. The van der Waals surface area contributed by atoms with Crippen LogP contribution in [0.25, 0.3) is 0 Å². The number of phenolic OH excluding ortho intramolecular Hbond substituents is 1. The van der Waals surface area contributed by atoms with E-state index in [4.69, 9.17) is 0 Å². The molecular weight excluding hydrogens is 394 g/mol. The number of hydrogen-bond acceptors (Lipinski definition) is 6. The molecule has 164 valence electrons. The summed E-state index contributed by atoms with van der Waals surface area (Å²) in [5, 5.41) is 27.0. The molecule has 1 aliphatic rings. The maximum Gasteiger partial charge on any atom is 0.257 e. The number of amides is 1. The molecule has 31 heavy (non-hydrogen) atoms. The zero-order chi connectivity index (χ0) is 22.9. The first-order valence-corrected chi connectivity index (χ1v) is 10.3. The number of hydrogen-bond donors (Lipinski definition) is 4. The molecule has 0 fully saturated rings. The summed E-state index contributed by atoms with van der Waals surface area (Å²) in [6.07, 6.45) is -0.505. The Morgan fingerprint density at radius 1 is 1.16 bits per heavy atom. The van der Waals surface area contributed by atoms with Gasteiger partial charge in [-0.2, -0.15) is 0 Å². The summed E-state index contributed by atoms with van der Waals surface area (Å²) in [5.74, 6) is -1.07. The molecule has 1 aliphatic carbocycles. The minimum Gasteiger partial charge on any atom is -0.505 e. The van der Waals surface area contributed by atoms with Crippen molar-refractivity contribution >= 4 is 17.4 Å². The summed E-state index contributed by atoms with van der Waals surface area (Å²) in [6.45, 7) is 6.09. The van der Waals surface area contributed by atoms with Gasteiger partial charge in [-0.15, -0.1) is 0 Å². The number of rotatable bonds is 7. The Morgan fingerprint density at radius 2 is 1.81 bits per heavy atom. The third-order valence-electron chi connectivity index (χ3n) is 5.35. The van der Waals surface area contributed by atoms with E-state index >= 15 is 0 Å². The van der Waals surface area contributed by atoms with Gasteiger partial charge in [0.2, 0.25) is 5.78 Å². The van der Waals surface area contributed by atoms with Gasteiger partial charge in [-0.3, -0.25) is 9.59 Å². The van der Waals surface area contributed by atoms with Gasteiger partial charge < -0.3 is 25.7 Å². The molecule has 0 heterocycles. The van der Waals surface area contributed by atoms with Crippen molar-refractivity contribution in [3.8, 4) is 5.75 Å². The van der Waals surface area contributed by atoms with E-state index in [1.807, 2.05) is 20.8 Å². The maximum absolute atomic E-state index is 12.4. The van der Waals surface area contributed by atoms with Crippen LogP contribution in [0.4, 0.5) is 5.69 Å². The average molecular weight is 424 g/mol. The number of carbonyl (C=O) groups is 2. The van der Waals surface area contributed by atoms with Crippen LogP contribution in [0.5, 0.6) is 5.75 Å². The Bertz CT molecular complexity index is 1040. The van der Waals surface area contributed by atoms with Crippen molar-refractivity contribution in [2.24, 2.45) is 0 Å². The largest absolute Gasteiger partial charge is 0.505 e. The Kier molecular flexibility index (Phi) is 6.36. The first-order valence-electron chi connectivity index (χ1n) is 10.3. The van der Waals surface area contributed by atoms with Crippen LogP contribution < -0.4 is 10.6 Å². The zero-order valence-electron chi connectivity index (χ0n) is 18.5. The van der Waals surface area contributed by atoms with Crippen molar-refractivity contribution in [2.75, 3.05) is 19.4 Å². The van der Waals surface area contributed by atoms with Gasteiger partial charge >= 0.3 is 0 Å². The van der Waals surface area contributed by atoms with Gasteiger partial charge in [-0.05, 0) is 38.0 Å². The quantitative estimate of drug-likeness (QED) is 0.511. The number of carbonyl (C=O) groups excluding carboxylic acids is 2. The lowest BCUT2D eigenvalue weighted by Crippen LogP contribution is -2.46. The number of nitrogens with one attached hydrogen (secondary N) is 2. The minimum absolute atomic E-state index is 0.0941. The van der Waals surface area contributed by atoms with Crippen LogP contribution in [0.2, 0.25) is 0 Å². The summed E-state index contributed by atoms with van der Waals surface area (Å²) >= 11 is 0. The number of aryl methyl sites for hydroxylation is 2. The molecule has 1 amide bonds. The van der Waals surface area contributed by atoms with Crippen molar-refractivity contribution in [1.29, 1.82) is 0 Å². The van der Waals surface area contributed by atoms with E-state index in [9.17, 15) is 19.8 Å². The molecule has 2 atom stereocenters. The number of ketones is 1. The molecule has 0 bridgehead atoms. The number of nitrogens with zero attached hydrogens (tertiary/aromatic N) is 1. The second kappa shape index (κ2) is 8.81. The number of Topliss-reactive ketones (excluding diaryl/α,β-unsaturated/α-hetero) is 1. The van der Waals surface area contributed by atoms with Crippen LogP contribution in [0.3, 0.4) is 0 Å². The fourth-order valence-corrected chi connectivity index (χ4v) is 3.75. The molecule has 2 aromatic rings. The third kappa shape index (κ3) is 4.41. The fraction of sp³-hybridized carbons (Fsp3) is 0.333. The van der Waals surface area contributed by atoms with E-state index in [0.717, 1.165) is 23.1 Å². The standard InChI is InChI=1S/C24H29N3O4/c1-6-17(15-11-13(2)10-14(3)12-15)25-19-20(23(30)22(19)29)26-18-9-7-8-16(21(18)28)24(31)27(4)5/h7-12,17,22,25-26,28-29H,6H2,1-5H3. The number of anilines is 1. The van der Waals surface area contributed by atoms with E-state index in [2.05, 4.69) is 28.8 Å². The number of phenols is 1. The number of para-hydroxylation sites is 1. The minimum atomic E-state index is -1.25. The van der Waals surface area contributed by atoms with Crippen LogP contribution in [-0.4, -0.2) is 47.0 Å². The summed E-state index contributed by atoms with van der Waals surface area (Å²) in [6, 6.07) is 10.9. The fourth-order valence-electron chi connectivity index (χ4n) is 3.75. The van der Waals surface area contributed by atoms with Crippen molar-refractivity contribution in [3.63, 3.8) is 0 Å². The van der Waals surface area contributed by atoms with E-state index in [0.29, 0.717) is 5.70 Å². The highest BCUT2D eigenvalue weighted by Gasteiger charge is 2.39. The molecule has 0 aliphatic heterocycles. The lowest BCUT2D eigenvalue weighted by molar-refractivity contribution is -0.124. The van der Waals surface area contributed by atoms with Crippen molar-refractivity contribution in [1.82, 2.24) is 10.2 Å². The topological polar surface area (TPSA) is 102 Å². The molecule has 2 unspecified atom stereocenters. The van der Waals surface area contributed by atoms with Crippen LogP contribution in [0, 0.1) is 13.8 Å². The Morgan fingerprint density at radius 3 is 2.39 bits per heavy atom. The molecule has 7 heteroatoms. The Hall–Kier alpha value is -3.32. The zero-order valence-corrected chi connectivity index (χ0v) is 18.5. The number of benzene rings is 2. The second-order valence-corrected chi connectivity index (χ2v) is 8.11. The monoisotopic (exact) mass is 423 g/mol. The van der Waals surface area contributed by atoms with E-state index in [1.54, 1.807) is 26.2 Å². The van der Waals surface area contributed by atoms with Crippen molar-refractivity contribution < 1.29 is 19.8 Å². The van der Waals surface area contributed by atoms with Crippen molar-refractivity contribution in [3.05, 3.63) is 70.0 Å². The van der Waals surface area contributed by atoms with Crippen molar-refractivity contribution in [2.45, 2.75) is 39.3 Å². The van der Waals surface area contributed by atoms with Gasteiger partial charge in [0.25, 0.3) is 5.91 Å². The predicted molar refractivity (Wildman–Crippen MR) is 120 cm³/mol. The Balaban J connectivity index is 1.91. The van der Waals surface area contributed by atoms with Gasteiger partial charge in [0.05, 0.1) is 23.0 Å². The highest BCUT2D eigenvalue weighted by molar-refractivity contribution is 6.11. The van der Waals surface area contributed by atoms with Gasteiger partial charge in [0.1, 0.15) is 5.70 Å². The number of aromatic hydroxyl groups is 1. The van der Waals surface area contributed by atoms with E-state index < -0.39 is 11.9 Å². The summed E-state index contributed by atoms with van der Waals surface area (Å²) in [5.41, 5.74) is 4.25. The molecule has 4 N–H and O–H groups in total. The first-order chi connectivity index (χ1) is 14.6. The van der Waals surface area contributed by atoms with Gasteiger partial charge in [-0.1, -0.05) is 42.3 Å². The molecule has 0 saturated carbocycles. The van der Waals surface area contributed by atoms with Gasteiger partial charge in [0, 0.05) is 14.1 Å². The molecule has 0 saturated heterocycles. The Labute approximate surface area is 182 Å². The number of aliphatic hydroxyl groups is 1. The number of aliphatic hydroxyl groups excluding tert-OH is 1. The normalized spacial score (nSPS) is 16.6. The first kappa shape index (κ1) is 22.4. The van der Waals surface area contributed by atoms with Crippen LogP contribution in [-0.2, 0) is 4.79 Å². The highest BCUT2D eigenvalue weighted by Crippen LogP contribution is 2.34. The second-order valence-electron chi connectivity index (χ2n) is 8.11. The molecule has 0 aromatic heterocycles. The third-order valence-corrected chi connectivity index (χ3v) is 5.35. The molecule has 0 spiro atoms. The molecule has 2 aromatic carbocycles. The molecular formula is C24H29N3O4. The smallest absolute Gasteiger partial charge is 0.257 e. The van der Waals surface area contributed by atoms with Gasteiger partial charge in [-0.25, -0.2) is 0 Å². The van der Waals surface area contributed by atoms with E-state index in [-0.39, 0.29) is 34.6 Å². The SMILES string of the molecule is CCC(NC1=C(Nc2cccc(C(=O)N(C)C)c2O)C(=O)C1O)c1cc(C)cc(C)c1. The highest BCUT2D eigenvalue weighted by atomic mass is 16.3. The van der Waals surface area contributed by atoms with Crippen LogP contribution in [0.15, 0.2) is 47.8 Å². The van der Waals surface area contributed by atoms with Gasteiger partial charge in [0.15, 0.2) is 11.9 Å². The summed E-state index contributed by atoms with van der Waals surface area (Å²) in [7, 11) is 3.19.